The van der Waals surface area contributed by atoms with Gasteiger partial charge < -0.3 is 25.4 Å². The van der Waals surface area contributed by atoms with E-state index in [-0.39, 0.29) is 18.6 Å². The average Bonchev–Trinajstić information content (AvgIpc) is 2.42. The number of carbonyl (C=O) groups is 1. The Labute approximate surface area is 115 Å². The zero-order valence-electron chi connectivity index (χ0n) is 12.0. The highest BCUT2D eigenvalue weighted by Gasteiger charge is 2.29. The van der Waals surface area contributed by atoms with Crippen LogP contribution in [0.1, 0.15) is 19.3 Å². The number of nitrogens with two attached hydrogens (primary N) is 1. The van der Waals surface area contributed by atoms with Crippen molar-refractivity contribution >= 4 is 5.91 Å². The summed E-state index contributed by atoms with van der Waals surface area (Å²) in [6.07, 6.45) is 2.41. The summed E-state index contributed by atoms with van der Waals surface area (Å²) in [5.74, 6) is -0.0688. The van der Waals surface area contributed by atoms with Crippen LogP contribution in [0, 0.1) is 0 Å². The number of nitrogens with zero attached hydrogens (tertiary/aromatic N) is 2. The first-order chi connectivity index (χ1) is 9.10. The molecular weight excluding hydrogens is 246 g/mol. The first kappa shape index (κ1) is 16.4. The van der Waals surface area contributed by atoms with Crippen molar-refractivity contribution in [1.29, 1.82) is 0 Å². The second kappa shape index (κ2) is 8.47. The van der Waals surface area contributed by atoms with E-state index in [1.807, 2.05) is 0 Å². The number of aliphatic hydroxyl groups excluding tert-OH is 1. The Balaban J connectivity index is 2.57. The fourth-order valence-electron chi connectivity index (χ4n) is 2.47. The summed E-state index contributed by atoms with van der Waals surface area (Å²) < 4.78 is 4.96. The van der Waals surface area contributed by atoms with Gasteiger partial charge in [-0.05, 0) is 39.4 Å². The number of hydrogen-bond acceptors (Lipinski definition) is 5. The van der Waals surface area contributed by atoms with E-state index in [1.54, 1.807) is 12.0 Å². The number of carbonyl (C=O) groups excluding carboxylic acids is 1. The quantitative estimate of drug-likeness (QED) is 0.639. The zero-order valence-corrected chi connectivity index (χ0v) is 12.0. The van der Waals surface area contributed by atoms with E-state index >= 15 is 0 Å². The molecule has 1 saturated heterocycles. The Bertz CT molecular complexity index is 268. The minimum Gasteiger partial charge on any atom is -0.395 e. The van der Waals surface area contributed by atoms with Crippen molar-refractivity contribution in [3.05, 3.63) is 0 Å². The third-order valence-corrected chi connectivity index (χ3v) is 3.70. The summed E-state index contributed by atoms with van der Waals surface area (Å²) in [6.45, 7) is 2.79. The van der Waals surface area contributed by atoms with E-state index in [1.165, 1.54) is 0 Å². The molecule has 0 aliphatic carbocycles. The van der Waals surface area contributed by atoms with Gasteiger partial charge in [0.05, 0.1) is 12.6 Å². The molecule has 0 radical (unpaired) electrons. The van der Waals surface area contributed by atoms with Crippen LogP contribution < -0.4 is 5.73 Å². The predicted molar refractivity (Wildman–Crippen MR) is 73.8 cm³/mol. The van der Waals surface area contributed by atoms with Gasteiger partial charge in [-0.25, -0.2) is 0 Å². The van der Waals surface area contributed by atoms with Gasteiger partial charge in [0.2, 0.25) is 5.91 Å². The first-order valence-electron chi connectivity index (χ1n) is 6.94. The van der Waals surface area contributed by atoms with Crippen LogP contribution in [0.25, 0.3) is 0 Å². The molecule has 1 atom stereocenters. The largest absolute Gasteiger partial charge is 0.395 e. The number of hydrogen-bond donors (Lipinski definition) is 2. The molecule has 0 bridgehead atoms. The normalized spacial score (nSPS) is 19.4. The molecule has 0 aromatic rings. The minimum atomic E-state index is -0.536. The Morgan fingerprint density at radius 2 is 2.16 bits per heavy atom. The van der Waals surface area contributed by atoms with Crippen molar-refractivity contribution in [2.45, 2.75) is 31.3 Å². The molecule has 0 saturated carbocycles. The minimum absolute atomic E-state index is 0.0188. The van der Waals surface area contributed by atoms with Crippen LogP contribution in [-0.2, 0) is 9.53 Å². The second-order valence-corrected chi connectivity index (χ2v) is 5.18. The van der Waals surface area contributed by atoms with Crippen LogP contribution >= 0.6 is 0 Å². The summed E-state index contributed by atoms with van der Waals surface area (Å²) in [4.78, 5) is 16.4. The van der Waals surface area contributed by atoms with E-state index in [0.29, 0.717) is 19.6 Å². The van der Waals surface area contributed by atoms with E-state index in [4.69, 9.17) is 15.6 Å². The number of aliphatic hydroxyl groups is 1. The van der Waals surface area contributed by atoms with Crippen molar-refractivity contribution in [1.82, 2.24) is 9.80 Å². The molecule has 0 aromatic heterocycles. The van der Waals surface area contributed by atoms with Gasteiger partial charge in [0.15, 0.2) is 0 Å². The fraction of sp³-hybridized carbons (Fsp3) is 0.923. The van der Waals surface area contributed by atoms with Crippen LogP contribution in [0.3, 0.4) is 0 Å². The molecule has 3 N–H and O–H groups in total. The van der Waals surface area contributed by atoms with E-state index < -0.39 is 6.04 Å². The molecule has 1 aliphatic heterocycles. The SMILES string of the molecule is COCCC(N)C(=O)N(CCO)C1CCN(C)CC1. The van der Waals surface area contributed by atoms with Gasteiger partial charge in [-0.2, -0.15) is 0 Å². The fourth-order valence-corrected chi connectivity index (χ4v) is 2.47. The molecule has 0 spiro atoms. The molecule has 1 amide bonds. The molecule has 1 aliphatic rings. The van der Waals surface area contributed by atoms with Gasteiger partial charge in [-0.1, -0.05) is 0 Å². The smallest absolute Gasteiger partial charge is 0.239 e. The van der Waals surface area contributed by atoms with Gasteiger partial charge >= 0.3 is 0 Å². The van der Waals surface area contributed by atoms with Crippen LogP contribution in [0.15, 0.2) is 0 Å². The van der Waals surface area contributed by atoms with E-state index in [0.717, 1.165) is 25.9 Å². The topological polar surface area (TPSA) is 79.0 Å². The highest BCUT2D eigenvalue weighted by atomic mass is 16.5. The second-order valence-electron chi connectivity index (χ2n) is 5.18. The maximum Gasteiger partial charge on any atom is 0.239 e. The van der Waals surface area contributed by atoms with Crippen molar-refractivity contribution < 1.29 is 14.6 Å². The summed E-state index contributed by atoms with van der Waals surface area (Å²) >= 11 is 0. The number of ether oxygens (including phenoxy) is 1. The number of rotatable bonds is 7. The maximum atomic E-state index is 12.3. The van der Waals surface area contributed by atoms with Gasteiger partial charge in [-0.15, -0.1) is 0 Å². The predicted octanol–water partition coefficient (Wildman–Crippen LogP) is -0.735. The molecule has 6 heteroatoms. The zero-order chi connectivity index (χ0) is 14.3. The van der Waals surface area contributed by atoms with Crippen LogP contribution in [-0.4, -0.2) is 79.9 Å². The summed E-state index contributed by atoms with van der Waals surface area (Å²) in [5, 5.41) is 9.16. The van der Waals surface area contributed by atoms with Gasteiger partial charge in [0.1, 0.15) is 0 Å². The standard InChI is InChI=1S/C13H27N3O3/c1-15-6-3-11(4-7-15)16(8-9-17)13(18)12(14)5-10-19-2/h11-12,17H,3-10,14H2,1-2H3. The summed E-state index contributed by atoms with van der Waals surface area (Å²) in [7, 11) is 3.68. The molecule has 112 valence electrons. The highest BCUT2D eigenvalue weighted by Crippen LogP contribution is 2.16. The highest BCUT2D eigenvalue weighted by molar-refractivity contribution is 5.82. The Hall–Kier alpha value is -0.690. The Morgan fingerprint density at radius 1 is 1.53 bits per heavy atom. The van der Waals surface area contributed by atoms with E-state index in [2.05, 4.69) is 11.9 Å². The van der Waals surface area contributed by atoms with Gasteiger partial charge in [-0.3, -0.25) is 4.79 Å². The van der Waals surface area contributed by atoms with Crippen molar-refractivity contribution in [3.8, 4) is 0 Å². The van der Waals surface area contributed by atoms with Crippen LogP contribution in [0.2, 0.25) is 0 Å². The van der Waals surface area contributed by atoms with Gasteiger partial charge in [0.25, 0.3) is 0 Å². The maximum absolute atomic E-state index is 12.3. The monoisotopic (exact) mass is 273 g/mol. The van der Waals surface area contributed by atoms with Crippen LogP contribution in [0.5, 0.6) is 0 Å². The first-order valence-corrected chi connectivity index (χ1v) is 6.94. The molecule has 19 heavy (non-hydrogen) atoms. The number of likely N-dealkylation sites (tertiary alicyclic amines) is 1. The molecular formula is C13H27N3O3. The van der Waals surface area contributed by atoms with Crippen molar-refractivity contribution in [2.75, 3.05) is 47.0 Å². The molecule has 0 aromatic carbocycles. The molecule has 1 unspecified atom stereocenters. The lowest BCUT2D eigenvalue weighted by Crippen LogP contribution is -2.52. The molecule has 6 nitrogen and oxygen atoms in total. The number of amides is 1. The Morgan fingerprint density at radius 3 is 2.68 bits per heavy atom. The number of piperidine rings is 1. The average molecular weight is 273 g/mol. The lowest BCUT2D eigenvalue weighted by atomic mass is 10.0. The van der Waals surface area contributed by atoms with E-state index in [9.17, 15) is 4.79 Å². The third kappa shape index (κ3) is 5.06. The Kier molecular flexibility index (Phi) is 7.30. The van der Waals surface area contributed by atoms with Crippen LogP contribution in [0.4, 0.5) is 0 Å². The summed E-state index contributed by atoms with van der Waals surface area (Å²) in [5.41, 5.74) is 5.91. The number of methoxy groups -OCH3 is 1. The summed E-state index contributed by atoms with van der Waals surface area (Å²) in [6, 6.07) is -0.337. The molecule has 1 heterocycles. The van der Waals surface area contributed by atoms with Gasteiger partial charge in [0, 0.05) is 26.3 Å². The third-order valence-electron chi connectivity index (χ3n) is 3.70. The molecule has 1 fully saturated rings. The lowest BCUT2D eigenvalue weighted by molar-refractivity contribution is -0.137. The lowest BCUT2D eigenvalue weighted by Gasteiger charge is -2.38. The van der Waals surface area contributed by atoms with Crippen molar-refractivity contribution in [3.63, 3.8) is 0 Å². The van der Waals surface area contributed by atoms with Crippen molar-refractivity contribution in [2.24, 2.45) is 5.73 Å². The molecule has 1 rings (SSSR count).